The highest BCUT2D eigenvalue weighted by atomic mass is 16.5. The molecule has 1 heterocycles. The first-order valence-corrected chi connectivity index (χ1v) is 19.9. The zero-order valence-corrected chi connectivity index (χ0v) is 35.0. The molecule has 2 rings (SSSR count). The molecular formula is C41H70N6O8. The number of carbonyl (C=O) groups is 5. The van der Waals surface area contributed by atoms with Gasteiger partial charge in [-0.1, -0.05) is 71.4 Å². The number of nitrogens with one attached hydrogen (secondary N) is 2. The molecule has 0 aliphatic carbocycles. The van der Waals surface area contributed by atoms with Crippen LogP contribution in [0.25, 0.3) is 0 Å². The lowest BCUT2D eigenvalue weighted by atomic mass is 9.89. The molecule has 8 unspecified atom stereocenters. The lowest BCUT2D eigenvalue weighted by Crippen LogP contribution is -2.58. The molecule has 312 valence electrons. The number of likely N-dealkylation sites (tertiary alicyclic amines) is 1. The molecule has 1 fully saturated rings. The molecule has 4 amide bonds. The van der Waals surface area contributed by atoms with Crippen molar-refractivity contribution in [1.82, 2.24) is 25.3 Å². The number of carbonyl (C=O) groups excluding carboxylic acids is 4. The normalized spacial score (nSPS) is 18.9. The molecule has 14 nitrogen and oxygen atoms in total. The summed E-state index contributed by atoms with van der Waals surface area (Å²) in [6.45, 7) is 10.6. The van der Waals surface area contributed by atoms with Crippen LogP contribution < -0.4 is 16.4 Å². The molecule has 1 saturated heterocycles. The Morgan fingerprint density at radius 2 is 1.58 bits per heavy atom. The second-order valence-corrected chi connectivity index (χ2v) is 15.7. The van der Waals surface area contributed by atoms with Crippen LogP contribution in [0.15, 0.2) is 30.3 Å². The van der Waals surface area contributed by atoms with Crippen LogP contribution in [-0.2, 0) is 39.9 Å². The predicted molar refractivity (Wildman–Crippen MR) is 213 cm³/mol. The van der Waals surface area contributed by atoms with E-state index < -0.39 is 60.2 Å². The van der Waals surface area contributed by atoms with E-state index >= 15 is 0 Å². The number of ether oxygens (including phenoxy) is 2. The van der Waals surface area contributed by atoms with Crippen LogP contribution in [0, 0.1) is 17.8 Å². The Morgan fingerprint density at radius 1 is 0.945 bits per heavy atom. The maximum atomic E-state index is 14.3. The summed E-state index contributed by atoms with van der Waals surface area (Å²) in [4.78, 5) is 72.9. The quantitative estimate of drug-likeness (QED) is 0.114. The molecule has 0 spiro atoms. The highest BCUT2D eigenvalue weighted by Crippen LogP contribution is 2.30. The van der Waals surface area contributed by atoms with E-state index in [2.05, 4.69) is 10.6 Å². The number of rotatable bonds is 24. The van der Waals surface area contributed by atoms with Crippen LogP contribution in [0.4, 0.5) is 0 Å². The number of nitrogens with zero attached hydrogens (tertiary/aromatic N) is 3. The second kappa shape index (κ2) is 23.5. The molecule has 1 aromatic rings. The van der Waals surface area contributed by atoms with Crippen molar-refractivity contribution in [1.29, 1.82) is 0 Å². The van der Waals surface area contributed by atoms with Crippen LogP contribution in [0.3, 0.4) is 0 Å². The molecule has 5 N–H and O–H groups in total. The molecule has 9 atom stereocenters. The van der Waals surface area contributed by atoms with Crippen LogP contribution in [-0.4, -0.2) is 140 Å². The van der Waals surface area contributed by atoms with Crippen molar-refractivity contribution in [3.63, 3.8) is 0 Å². The lowest BCUT2D eigenvalue weighted by Gasteiger charge is -2.40. The van der Waals surface area contributed by atoms with Crippen LogP contribution in [0.2, 0.25) is 0 Å². The smallest absolute Gasteiger partial charge is 0.326 e. The minimum Gasteiger partial charge on any atom is -0.480 e. The molecule has 1 aromatic carbocycles. The van der Waals surface area contributed by atoms with E-state index in [4.69, 9.17) is 15.2 Å². The Hall–Kier alpha value is -3.59. The van der Waals surface area contributed by atoms with Gasteiger partial charge in [0.2, 0.25) is 23.6 Å². The number of hydrogen-bond donors (Lipinski definition) is 4. The number of unbranched alkanes of at least 4 members (excludes halogenated alkanes) is 1. The topological polar surface area (TPSA) is 184 Å². The summed E-state index contributed by atoms with van der Waals surface area (Å²) in [5.41, 5.74) is 6.56. The van der Waals surface area contributed by atoms with Gasteiger partial charge in [-0.3, -0.25) is 24.1 Å². The minimum absolute atomic E-state index is 0.0188. The summed E-state index contributed by atoms with van der Waals surface area (Å²) >= 11 is 0. The van der Waals surface area contributed by atoms with E-state index in [0.29, 0.717) is 51.6 Å². The highest BCUT2D eigenvalue weighted by Gasteiger charge is 2.43. The number of amides is 4. The summed E-state index contributed by atoms with van der Waals surface area (Å²) in [5, 5.41) is 15.6. The number of methoxy groups -OCH3 is 2. The lowest BCUT2D eigenvalue weighted by molar-refractivity contribution is -0.148. The van der Waals surface area contributed by atoms with Gasteiger partial charge in [-0.25, -0.2) is 4.79 Å². The molecule has 0 radical (unpaired) electrons. The molecule has 0 saturated carbocycles. The third-order valence-electron chi connectivity index (χ3n) is 11.2. The number of hydrogen-bond acceptors (Lipinski definition) is 9. The van der Waals surface area contributed by atoms with Crippen LogP contribution >= 0.6 is 0 Å². The Morgan fingerprint density at radius 3 is 2.11 bits per heavy atom. The van der Waals surface area contributed by atoms with Gasteiger partial charge in [0.05, 0.1) is 42.7 Å². The second-order valence-electron chi connectivity index (χ2n) is 15.7. The summed E-state index contributed by atoms with van der Waals surface area (Å²) in [6.07, 6.45) is 2.56. The van der Waals surface area contributed by atoms with E-state index in [1.54, 1.807) is 23.8 Å². The molecule has 55 heavy (non-hydrogen) atoms. The molecule has 1 aliphatic rings. The number of nitrogens with two attached hydrogens (primary N) is 1. The van der Waals surface area contributed by atoms with Crippen molar-refractivity contribution in [3.8, 4) is 0 Å². The summed E-state index contributed by atoms with van der Waals surface area (Å²) < 4.78 is 11.9. The maximum absolute atomic E-state index is 14.3. The third kappa shape index (κ3) is 13.5. The first-order chi connectivity index (χ1) is 26.0. The monoisotopic (exact) mass is 775 g/mol. The van der Waals surface area contributed by atoms with Gasteiger partial charge in [0.25, 0.3) is 0 Å². The van der Waals surface area contributed by atoms with Gasteiger partial charge in [-0.2, -0.15) is 0 Å². The molecular weight excluding hydrogens is 704 g/mol. The molecule has 1 aliphatic heterocycles. The number of carboxylic acids is 1. The predicted octanol–water partition coefficient (Wildman–Crippen LogP) is 2.92. The van der Waals surface area contributed by atoms with E-state index in [9.17, 15) is 29.1 Å². The number of carboxylic acid groups (broad SMARTS) is 1. The average molecular weight is 775 g/mol. The van der Waals surface area contributed by atoms with Crippen molar-refractivity contribution in [2.45, 2.75) is 128 Å². The number of benzene rings is 1. The molecule has 14 heteroatoms. The SMILES string of the molecule is CCC(C)C(C(CC(=O)N1CCC[C@H]1C(OC)C(C)C(=O)NC(Cc1ccccc1)C(=O)O)OC)N(C)C(=O)C(CCCCN)NC(=O)C(C(C)C)N(C)C. The summed E-state index contributed by atoms with van der Waals surface area (Å²) in [6, 6.07) is 5.85. The van der Waals surface area contributed by atoms with E-state index in [-0.39, 0.29) is 42.4 Å². The van der Waals surface area contributed by atoms with Crippen molar-refractivity contribution in [2.75, 3.05) is 48.5 Å². The van der Waals surface area contributed by atoms with E-state index in [0.717, 1.165) is 5.56 Å². The van der Waals surface area contributed by atoms with Gasteiger partial charge >= 0.3 is 5.97 Å². The van der Waals surface area contributed by atoms with Gasteiger partial charge in [-0.05, 0) is 70.1 Å². The largest absolute Gasteiger partial charge is 0.480 e. The maximum Gasteiger partial charge on any atom is 0.326 e. The standard InChI is InChI=1S/C41H70N6O8/c1-11-27(4)36(46(8)40(51)30(20-15-16-22-42)43-39(50)35(26(2)3)45(6)7)33(54-9)25-34(48)47-23-17-21-32(47)37(55-10)28(5)38(49)44-31(41(52)53)24-29-18-13-12-14-19-29/h12-14,18-19,26-28,30-33,35-37H,11,15-17,20-25,42H2,1-10H3,(H,43,50)(H,44,49)(H,52,53)/t27?,28?,30?,31?,32-,33?,35?,36?,37?/m0/s1. The van der Waals surface area contributed by atoms with Crippen molar-refractivity contribution < 1.29 is 38.6 Å². The Balaban J connectivity index is 2.29. The summed E-state index contributed by atoms with van der Waals surface area (Å²) in [7, 11) is 8.44. The van der Waals surface area contributed by atoms with E-state index in [1.165, 1.54) is 14.2 Å². The summed E-state index contributed by atoms with van der Waals surface area (Å²) in [5.74, 6) is -3.07. The number of likely N-dealkylation sites (N-methyl/N-ethyl adjacent to an activating group) is 2. The third-order valence-corrected chi connectivity index (χ3v) is 11.2. The fourth-order valence-corrected chi connectivity index (χ4v) is 8.05. The molecule has 0 bridgehead atoms. The first-order valence-electron chi connectivity index (χ1n) is 19.9. The van der Waals surface area contributed by atoms with E-state index in [1.807, 2.05) is 77.0 Å². The fourth-order valence-electron chi connectivity index (χ4n) is 8.05. The van der Waals surface area contributed by atoms with Gasteiger partial charge in [0.1, 0.15) is 12.1 Å². The van der Waals surface area contributed by atoms with Gasteiger partial charge in [0.15, 0.2) is 0 Å². The van der Waals surface area contributed by atoms with Crippen LogP contribution in [0.1, 0.15) is 85.1 Å². The average Bonchev–Trinajstić information content (AvgIpc) is 3.63. The number of aliphatic carboxylic acids is 1. The minimum atomic E-state index is -1.14. The van der Waals surface area contributed by atoms with Gasteiger partial charge < -0.3 is 40.7 Å². The van der Waals surface area contributed by atoms with Crippen molar-refractivity contribution in [3.05, 3.63) is 35.9 Å². The fraction of sp³-hybridized carbons (Fsp3) is 0.732. The van der Waals surface area contributed by atoms with Gasteiger partial charge in [-0.15, -0.1) is 0 Å². The Bertz CT molecular complexity index is 1360. The van der Waals surface area contributed by atoms with Crippen LogP contribution in [0.5, 0.6) is 0 Å². The van der Waals surface area contributed by atoms with Crippen molar-refractivity contribution in [2.24, 2.45) is 23.5 Å². The van der Waals surface area contributed by atoms with Gasteiger partial charge in [0, 0.05) is 34.2 Å². The zero-order chi connectivity index (χ0) is 41.4. The first kappa shape index (κ1) is 47.6. The highest BCUT2D eigenvalue weighted by molar-refractivity contribution is 5.90. The zero-order valence-electron chi connectivity index (χ0n) is 35.0. The van der Waals surface area contributed by atoms with Crippen molar-refractivity contribution >= 4 is 29.6 Å². The molecule has 0 aromatic heterocycles. The Labute approximate surface area is 329 Å². The Kier molecular flexibility index (Phi) is 20.3.